The van der Waals surface area contributed by atoms with E-state index in [1.807, 2.05) is 25.1 Å². The normalized spacial score (nSPS) is 18.8. The Morgan fingerprint density at radius 2 is 2.14 bits per heavy atom. The van der Waals surface area contributed by atoms with Crippen LogP contribution in [0.5, 0.6) is 5.75 Å². The molecule has 0 fully saturated rings. The van der Waals surface area contributed by atoms with Crippen LogP contribution in [0.3, 0.4) is 0 Å². The molecule has 28 heavy (non-hydrogen) atoms. The molecule has 0 saturated heterocycles. The number of hydrogen-bond acceptors (Lipinski definition) is 7. The number of aromatic nitrogens is 2. The number of aryl methyl sites for hydroxylation is 1. The number of hydrogen-bond donors (Lipinski definition) is 1. The zero-order chi connectivity index (χ0) is 19.7. The van der Waals surface area contributed by atoms with E-state index >= 15 is 0 Å². The van der Waals surface area contributed by atoms with Crippen molar-refractivity contribution in [2.24, 2.45) is 0 Å². The smallest absolute Gasteiger partial charge is 0.338 e. The SMILES string of the molecule is CCCc1nc(CN2C(=O)N[C@H](c3ccccc3OC)C3=C2COC3=O)no1. The summed E-state index contributed by atoms with van der Waals surface area (Å²) < 4.78 is 15.8. The van der Waals surface area contributed by atoms with Gasteiger partial charge in [0.05, 0.1) is 31.0 Å². The molecule has 2 aliphatic heterocycles. The van der Waals surface area contributed by atoms with Gasteiger partial charge in [0.2, 0.25) is 5.89 Å². The number of benzene rings is 1. The Kier molecular flexibility index (Phi) is 4.72. The largest absolute Gasteiger partial charge is 0.496 e. The second-order valence-corrected chi connectivity index (χ2v) is 6.50. The maximum absolute atomic E-state index is 12.9. The molecule has 9 nitrogen and oxygen atoms in total. The molecule has 1 N–H and O–H groups in total. The van der Waals surface area contributed by atoms with Gasteiger partial charge < -0.3 is 19.3 Å². The first-order valence-corrected chi connectivity index (χ1v) is 9.05. The van der Waals surface area contributed by atoms with Gasteiger partial charge in [0.25, 0.3) is 0 Å². The summed E-state index contributed by atoms with van der Waals surface area (Å²) in [5, 5.41) is 6.80. The third-order valence-electron chi connectivity index (χ3n) is 4.72. The first-order chi connectivity index (χ1) is 13.6. The third-order valence-corrected chi connectivity index (χ3v) is 4.72. The van der Waals surface area contributed by atoms with Crippen molar-refractivity contribution in [3.63, 3.8) is 0 Å². The fraction of sp³-hybridized carbons (Fsp3) is 0.368. The highest BCUT2D eigenvalue weighted by Gasteiger charge is 2.43. The van der Waals surface area contributed by atoms with E-state index < -0.39 is 12.0 Å². The number of carbonyl (C=O) groups is 2. The van der Waals surface area contributed by atoms with E-state index in [4.69, 9.17) is 14.0 Å². The minimum Gasteiger partial charge on any atom is -0.496 e. The molecule has 1 atom stereocenters. The van der Waals surface area contributed by atoms with Gasteiger partial charge in [-0.25, -0.2) is 9.59 Å². The van der Waals surface area contributed by atoms with Gasteiger partial charge >= 0.3 is 12.0 Å². The quantitative estimate of drug-likeness (QED) is 0.760. The van der Waals surface area contributed by atoms with E-state index in [0.29, 0.717) is 40.7 Å². The predicted molar refractivity (Wildman–Crippen MR) is 96.1 cm³/mol. The number of nitrogens with one attached hydrogen (secondary N) is 1. The zero-order valence-corrected chi connectivity index (χ0v) is 15.6. The van der Waals surface area contributed by atoms with Gasteiger partial charge in [-0.05, 0) is 12.5 Å². The van der Waals surface area contributed by atoms with E-state index in [2.05, 4.69) is 15.5 Å². The van der Waals surface area contributed by atoms with Crippen LogP contribution < -0.4 is 10.1 Å². The summed E-state index contributed by atoms with van der Waals surface area (Å²) in [6.07, 6.45) is 1.55. The van der Waals surface area contributed by atoms with Crippen molar-refractivity contribution in [3.05, 3.63) is 52.8 Å². The van der Waals surface area contributed by atoms with Crippen molar-refractivity contribution in [1.82, 2.24) is 20.4 Å². The number of amides is 2. The molecule has 1 aromatic carbocycles. The fourth-order valence-electron chi connectivity index (χ4n) is 3.43. The second-order valence-electron chi connectivity index (χ2n) is 6.50. The minimum atomic E-state index is -0.647. The molecule has 0 bridgehead atoms. The third kappa shape index (κ3) is 3.08. The first-order valence-electron chi connectivity index (χ1n) is 9.05. The van der Waals surface area contributed by atoms with Crippen LogP contribution in [0.15, 0.2) is 40.1 Å². The second kappa shape index (κ2) is 7.34. The van der Waals surface area contributed by atoms with E-state index in [1.165, 1.54) is 4.90 Å². The van der Waals surface area contributed by atoms with Crippen molar-refractivity contribution < 1.29 is 23.6 Å². The van der Waals surface area contributed by atoms with Crippen LogP contribution in [-0.2, 0) is 22.5 Å². The number of esters is 1. The number of nitrogens with zero attached hydrogens (tertiary/aromatic N) is 3. The Morgan fingerprint density at radius 3 is 2.93 bits per heavy atom. The van der Waals surface area contributed by atoms with E-state index in [1.54, 1.807) is 13.2 Å². The lowest BCUT2D eigenvalue weighted by Crippen LogP contribution is -2.47. The zero-order valence-electron chi connectivity index (χ0n) is 15.6. The first kappa shape index (κ1) is 18.0. The minimum absolute atomic E-state index is 0.0207. The lowest BCUT2D eigenvalue weighted by atomic mass is 9.95. The van der Waals surface area contributed by atoms with Crippen molar-refractivity contribution >= 4 is 12.0 Å². The summed E-state index contributed by atoms with van der Waals surface area (Å²) >= 11 is 0. The van der Waals surface area contributed by atoms with Crippen LogP contribution in [-0.4, -0.2) is 40.8 Å². The van der Waals surface area contributed by atoms with E-state index in [-0.39, 0.29) is 19.2 Å². The van der Waals surface area contributed by atoms with E-state index in [9.17, 15) is 9.59 Å². The Balaban J connectivity index is 1.69. The van der Waals surface area contributed by atoms with Gasteiger partial charge in [-0.2, -0.15) is 4.98 Å². The number of ether oxygens (including phenoxy) is 2. The number of cyclic esters (lactones) is 1. The molecule has 0 radical (unpaired) electrons. The van der Waals surface area contributed by atoms with Gasteiger partial charge in [0.1, 0.15) is 12.4 Å². The Morgan fingerprint density at radius 1 is 1.32 bits per heavy atom. The molecule has 2 amide bonds. The lowest BCUT2D eigenvalue weighted by molar-refractivity contribution is -0.136. The highest BCUT2D eigenvalue weighted by molar-refractivity contribution is 5.97. The maximum Gasteiger partial charge on any atom is 0.338 e. The number of carbonyl (C=O) groups excluding carboxylic acids is 2. The molecule has 1 aromatic heterocycles. The number of rotatable bonds is 6. The standard InChI is InChI=1S/C19H20N4O5/c1-3-6-15-20-14(22-28-15)9-23-12-10-27-18(24)16(12)17(21-19(23)25)11-7-4-5-8-13(11)26-2/h4-5,7-8,17H,3,6,9-10H2,1-2H3,(H,21,25)/t17-/m1/s1. The summed E-state index contributed by atoms with van der Waals surface area (Å²) in [7, 11) is 1.54. The van der Waals surface area contributed by atoms with Crippen molar-refractivity contribution in [2.75, 3.05) is 13.7 Å². The number of urea groups is 1. The molecule has 4 rings (SSSR count). The molecular formula is C19H20N4O5. The van der Waals surface area contributed by atoms with Gasteiger partial charge in [-0.1, -0.05) is 30.3 Å². The molecule has 2 aliphatic rings. The topological polar surface area (TPSA) is 107 Å². The Labute approximate surface area is 161 Å². The Hall–Kier alpha value is -3.36. The average molecular weight is 384 g/mol. The summed E-state index contributed by atoms with van der Waals surface area (Å²) in [6.45, 7) is 2.12. The van der Waals surface area contributed by atoms with Crippen LogP contribution >= 0.6 is 0 Å². The number of methoxy groups -OCH3 is 1. The summed E-state index contributed by atoms with van der Waals surface area (Å²) in [5.74, 6) is 1.01. The monoisotopic (exact) mass is 384 g/mol. The van der Waals surface area contributed by atoms with Crippen LogP contribution in [0.25, 0.3) is 0 Å². The van der Waals surface area contributed by atoms with Crippen LogP contribution in [0.1, 0.15) is 36.7 Å². The van der Waals surface area contributed by atoms with Gasteiger partial charge in [-0.3, -0.25) is 4.90 Å². The van der Waals surface area contributed by atoms with E-state index in [0.717, 1.165) is 6.42 Å². The molecule has 0 aliphatic carbocycles. The van der Waals surface area contributed by atoms with Gasteiger partial charge in [0, 0.05) is 12.0 Å². The van der Waals surface area contributed by atoms with Crippen molar-refractivity contribution in [3.8, 4) is 5.75 Å². The summed E-state index contributed by atoms with van der Waals surface area (Å²) in [4.78, 5) is 31.0. The lowest BCUT2D eigenvalue weighted by Gasteiger charge is -2.32. The number of para-hydroxylation sites is 1. The highest BCUT2D eigenvalue weighted by atomic mass is 16.5. The highest BCUT2D eigenvalue weighted by Crippen LogP contribution is 2.38. The fourth-order valence-corrected chi connectivity index (χ4v) is 3.43. The maximum atomic E-state index is 12.9. The van der Waals surface area contributed by atoms with Gasteiger partial charge in [-0.15, -0.1) is 0 Å². The molecule has 9 heteroatoms. The average Bonchev–Trinajstić information content (AvgIpc) is 3.31. The molecule has 0 spiro atoms. The van der Waals surface area contributed by atoms with Crippen LogP contribution in [0.4, 0.5) is 4.79 Å². The predicted octanol–water partition coefficient (Wildman–Crippen LogP) is 2.11. The molecule has 0 saturated carbocycles. The molecule has 3 heterocycles. The van der Waals surface area contributed by atoms with Crippen molar-refractivity contribution in [1.29, 1.82) is 0 Å². The van der Waals surface area contributed by atoms with Gasteiger partial charge in [0.15, 0.2) is 5.82 Å². The van der Waals surface area contributed by atoms with Crippen LogP contribution in [0, 0.1) is 0 Å². The Bertz CT molecular complexity index is 951. The molecule has 146 valence electrons. The van der Waals surface area contributed by atoms with Crippen molar-refractivity contribution in [2.45, 2.75) is 32.4 Å². The van der Waals surface area contributed by atoms with Crippen LogP contribution in [0.2, 0.25) is 0 Å². The molecular weight excluding hydrogens is 364 g/mol. The molecule has 0 unspecified atom stereocenters. The molecule has 2 aromatic rings. The summed E-state index contributed by atoms with van der Waals surface area (Å²) in [5.41, 5.74) is 1.59. The summed E-state index contributed by atoms with van der Waals surface area (Å²) in [6, 6.07) is 6.23.